The van der Waals surface area contributed by atoms with E-state index in [1.165, 1.54) is 43.9 Å². The van der Waals surface area contributed by atoms with E-state index in [0.717, 1.165) is 24.3 Å². The number of nitrogens with one attached hydrogen (secondary N) is 2. The van der Waals surface area contributed by atoms with Gasteiger partial charge in [-0.1, -0.05) is 45.2 Å². The van der Waals surface area contributed by atoms with E-state index < -0.39 is 0 Å². The molecule has 1 saturated carbocycles. The molecule has 0 aliphatic heterocycles. The van der Waals surface area contributed by atoms with E-state index in [2.05, 4.69) is 31.4 Å². The minimum absolute atomic E-state index is 0.0519. The number of amides is 2. The summed E-state index contributed by atoms with van der Waals surface area (Å²) in [6, 6.07) is 7.70. The van der Waals surface area contributed by atoms with Crippen LogP contribution in [0.25, 0.3) is 0 Å². The fraction of sp³-hybridized carbons (Fsp3) is 0.652. The first-order chi connectivity index (χ1) is 13.5. The molecule has 2 amide bonds. The van der Waals surface area contributed by atoms with Gasteiger partial charge in [-0.15, -0.1) is 11.8 Å². The monoisotopic (exact) mass is 404 g/mol. The molecule has 156 valence electrons. The first-order valence-electron chi connectivity index (χ1n) is 10.7. The minimum Gasteiger partial charge on any atom is -0.355 e. The Morgan fingerprint density at radius 3 is 2.50 bits per heavy atom. The van der Waals surface area contributed by atoms with Crippen LogP contribution in [0.2, 0.25) is 0 Å². The topological polar surface area (TPSA) is 58.2 Å². The van der Waals surface area contributed by atoms with Crippen molar-refractivity contribution in [2.45, 2.75) is 76.7 Å². The van der Waals surface area contributed by atoms with E-state index in [4.69, 9.17) is 0 Å². The Morgan fingerprint density at radius 2 is 1.79 bits per heavy atom. The van der Waals surface area contributed by atoms with E-state index in [-0.39, 0.29) is 17.9 Å². The van der Waals surface area contributed by atoms with Gasteiger partial charge in [-0.25, -0.2) is 0 Å². The normalized spacial score (nSPS) is 16.0. The second-order valence-corrected chi connectivity index (χ2v) is 9.46. The highest BCUT2D eigenvalue weighted by Gasteiger charge is 2.17. The molecule has 1 fully saturated rings. The molecule has 1 unspecified atom stereocenters. The number of hydrogen-bond acceptors (Lipinski definition) is 3. The quantitative estimate of drug-likeness (QED) is 0.538. The lowest BCUT2D eigenvalue weighted by Crippen LogP contribution is -2.33. The minimum atomic E-state index is -0.0537. The van der Waals surface area contributed by atoms with Gasteiger partial charge in [0.15, 0.2) is 0 Å². The standard InChI is InChI=1S/C23H36N2O2S/c1-17(2)13-14-18(3)25-23(27)20-11-7-8-12-21(20)28-16-22(26)24-15-19-9-5-4-6-10-19/h7-8,11-12,17-19H,4-6,9-10,13-16H2,1-3H3,(H,24,26)(H,25,27). The van der Waals surface area contributed by atoms with Crippen molar-refractivity contribution >= 4 is 23.6 Å². The van der Waals surface area contributed by atoms with Crippen molar-refractivity contribution in [3.8, 4) is 0 Å². The van der Waals surface area contributed by atoms with Crippen LogP contribution in [0.1, 0.15) is 76.1 Å². The van der Waals surface area contributed by atoms with E-state index in [9.17, 15) is 9.59 Å². The summed E-state index contributed by atoms with van der Waals surface area (Å²) in [6.45, 7) is 7.23. The van der Waals surface area contributed by atoms with E-state index in [1.54, 1.807) is 0 Å². The Kier molecular flexibility index (Phi) is 9.89. The third-order valence-electron chi connectivity index (χ3n) is 5.36. The van der Waals surface area contributed by atoms with Crippen LogP contribution < -0.4 is 10.6 Å². The average molecular weight is 405 g/mol. The molecule has 5 heteroatoms. The van der Waals surface area contributed by atoms with E-state index >= 15 is 0 Å². The van der Waals surface area contributed by atoms with Crippen LogP contribution in [-0.4, -0.2) is 30.2 Å². The third kappa shape index (κ3) is 8.26. The van der Waals surface area contributed by atoms with Gasteiger partial charge in [0.05, 0.1) is 11.3 Å². The van der Waals surface area contributed by atoms with Crippen LogP contribution in [0.15, 0.2) is 29.2 Å². The maximum Gasteiger partial charge on any atom is 0.252 e. The largest absolute Gasteiger partial charge is 0.355 e. The first kappa shape index (κ1) is 22.8. The SMILES string of the molecule is CC(C)CCC(C)NC(=O)c1ccccc1SCC(=O)NCC1CCCCC1. The molecule has 0 aromatic heterocycles. The summed E-state index contributed by atoms with van der Waals surface area (Å²) in [5.41, 5.74) is 0.656. The van der Waals surface area contributed by atoms with Crippen molar-refractivity contribution in [1.82, 2.24) is 10.6 Å². The van der Waals surface area contributed by atoms with Gasteiger partial charge in [0.25, 0.3) is 5.91 Å². The van der Waals surface area contributed by atoms with Crippen molar-refractivity contribution < 1.29 is 9.59 Å². The maximum absolute atomic E-state index is 12.7. The van der Waals surface area contributed by atoms with Crippen molar-refractivity contribution in [3.63, 3.8) is 0 Å². The average Bonchev–Trinajstić information content (AvgIpc) is 2.70. The van der Waals surface area contributed by atoms with E-state index in [1.807, 2.05) is 24.3 Å². The lowest BCUT2D eigenvalue weighted by atomic mass is 9.89. The molecule has 1 aromatic rings. The number of rotatable bonds is 10. The molecule has 0 radical (unpaired) electrons. The highest BCUT2D eigenvalue weighted by molar-refractivity contribution is 8.00. The molecular formula is C23H36N2O2S. The molecule has 0 bridgehead atoms. The van der Waals surface area contributed by atoms with Crippen LogP contribution in [0.3, 0.4) is 0 Å². The lowest BCUT2D eigenvalue weighted by molar-refractivity contribution is -0.118. The second-order valence-electron chi connectivity index (χ2n) is 8.44. The summed E-state index contributed by atoms with van der Waals surface area (Å²) in [5, 5.41) is 6.17. The number of thioether (sulfide) groups is 1. The van der Waals surface area contributed by atoms with Gasteiger partial charge in [0, 0.05) is 17.5 Å². The number of benzene rings is 1. The van der Waals surface area contributed by atoms with Crippen LogP contribution in [0.5, 0.6) is 0 Å². The molecule has 0 spiro atoms. The Morgan fingerprint density at radius 1 is 1.07 bits per heavy atom. The van der Waals surface area contributed by atoms with E-state index in [0.29, 0.717) is 23.2 Å². The molecule has 1 aliphatic rings. The van der Waals surface area contributed by atoms with Gasteiger partial charge < -0.3 is 10.6 Å². The smallest absolute Gasteiger partial charge is 0.252 e. The molecule has 1 aliphatic carbocycles. The van der Waals surface area contributed by atoms with Crippen LogP contribution in [0.4, 0.5) is 0 Å². The molecule has 28 heavy (non-hydrogen) atoms. The zero-order chi connectivity index (χ0) is 20.4. The Labute approximate surface area is 174 Å². The zero-order valence-corrected chi connectivity index (χ0v) is 18.4. The summed E-state index contributed by atoms with van der Waals surface area (Å²) in [5.74, 6) is 1.61. The van der Waals surface area contributed by atoms with Crippen LogP contribution in [0, 0.1) is 11.8 Å². The lowest BCUT2D eigenvalue weighted by Gasteiger charge is -2.21. The fourth-order valence-corrected chi connectivity index (χ4v) is 4.46. The van der Waals surface area contributed by atoms with Crippen molar-refractivity contribution in [3.05, 3.63) is 29.8 Å². The number of hydrogen-bond donors (Lipinski definition) is 2. The zero-order valence-electron chi connectivity index (χ0n) is 17.6. The molecule has 1 aromatic carbocycles. The maximum atomic E-state index is 12.7. The van der Waals surface area contributed by atoms with Crippen molar-refractivity contribution in [2.24, 2.45) is 11.8 Å². The molecule has 4 nitrogen and oxygen atoms in total. The summed E-state index contributed by atoms with van der Waals surface area (Å²) >= 11 is 1.44. The fourth-order valence-electron chi connectivity index (χ4n) is 3.58. The van der Waals surface area contributed by atoms with Gasteiger partial charge in [0.1, 0.15) is 0 Å². The number of carbonyl (C=O) groups excluding carboxylic acids is 2. The predicted octanol–water partition coefficient (Wildman–Crippen LogP) is 5.03. The van der Waals surface area contributed by atoms with Crippen LogP contribution >= 0.6 is 11.8 Å². The molecular weight excluding hydrogens is 368 g/mol. The van der Waals surface area contributed by atoms with Crippen molar-refractivity contribution in [2.75, 3.05) is 12.3 Å². The molecule has 2 N–H and O–H groups in total. The first-order valence-corrected chi connectivity index (χ1v) is 11.7. The van der Waals surface area contributed by atoms with Gasteiger partial charge in [-0.3, -0.25) is 9.59 Å². The molecule has 0 saturated heterocycles. The van der Waals surface area contributed by atoms with Crippen molar-refractivity contribution in [1.29, 1.82) is 0 Å². The molecule has 1 atom stereocenters. The Bertz CT molecular complexity index is 627. The van der Waals surface area contributed by atoms with Gasteiger partial charge in [0.2, 0.25) is 5.91 Å². The Hall–Kier alpha value is -1.49. The highest BCUT2D eigenvalue weighted by atomic mass is 32.2. The highest BCUT2D eigenvalue weighted by Crippen LogP contribution is 2.24. The molecule has 0 heterocycles. The summed E-state index contributed by atoms with van der Waals surface area (Å²) < 4.78 is 0. The Balaban J connectivity index is 1.81. The summed E-state index contributed by atoms with van der Waals surface area (Å²) in [7, 11) is 0. The summed E-state index contributed by atoms with van der Waals surface area (Å²) in [4.78, 5) is 25.8. The summed E-state index contributed by atoms with van der Waals surface area (Å²) in [6.07, 6.45) is 8.42. The van der Waals surface area contributed by atoms with Gasteiger partial charge in [-0.05, 0) is 56.6 Å². The molecule has 2 rings (SSSR count). The third-order valence-corrected chi connectivity index (χ3v) is 6.43. The number of carbonyl (C=O) groups is 2. The predicted molar refractivity (Wildman–Crippen MR) is 118 cm³/mol. The van der Waals surface area contributed by atoms with Gasteiger partial charge >= 0.3 is 0 Å². The van der Waals surface area contributed by atoms with Gasteiger partial charge in [-0.2, -0.15) is 0 Å². The second kappa shape index (κ2) is 12.2. The van der Waals surface area contributed by atoms with Crippen LogP contribution in [-0.2, 0) is 4.79 Å².